The van der Waals surface area contributed by atoms with Crippen LogP contribution in [-0.4, -0.2) is 6.04 Å². The minimum absolute atomic E-state index is 0.514. The summed E-state index contributed by atoms with van der Waals surface area (Å²) < 4.78 is 0. The summed E-state index contributed by atoms with van der Waals surface area (Å²) in [5.74, 6) is 0.936. The van der Waals surface area contributed by atoms with Gasteiger partial charge < -0.3 is 5.73 Å². The fraction of sp³-hybridized carbons (Fsp3) is 1.00. The van der Waals surface area contributed by atoms with Crippen LogP contribution in [0.25, 0.3) is 0 Å². The van der Waals surface area contributed by atoms with Crippen molar-refractivity contribution < 1.29 is 0 Å². The van der Waals surface area contributed by atoms with Crippen molar-refractivity contribution in [2.75, 3.05) is 0 Å². The van der Waals surface area contributed by atoms with Crippen LogP contribution in [0.15, 0.2) is 0 Å². The van der Waals surface area contributed by atoms with E-state index in [0.29, 0.717) is 16.9 Å². The molecule has 1 atom stereocenters. The Hall–Kier alpha value is -0.0400. The van der Waals surface area contributed by atoms with Crippen molar-refractivity contribution in [1.82, 2.24) is 0 Å². The Morgan fingerprint density at radius 1 is 1.15 bits per heavy atom. The lowest BCUT2D eigenvalue weighted by atomic mass is 9.68. The minimum Gasteiger partial charge on any atom is -0.327 e. The molecule has 76 valence electrons. The fourth-order valence-electron chi connectivity index (χ4n) is 3.01. The first-order valence-electron chi connectivity index (χ1n) is 5.70. The van der Waals surface area contributed by atoms with Crippen LogP contribution in [0.4, 0.5) is 0 Å². The van der Waals surface area contributed by atoms with Gasteiger partial charge in [0.25, 0.3) is 0 Å². The predicted octanol–water partition coefficient (Wildman–Crippen LogP) is 2.94. The van der Waals surface area contributed by atoms with E-state index in [1.54, 1.807) is 0 Å². The highest BCUT2D eigenvalue weighted by Gasteiger charge is 2.53. The van der Waals surface area contributed by atoms with Gasteiger partial charge in [-0.25, -0.2) is 0 Å². The molecule has 1 heteroatoms. The molecule has 2 rings (SSSR count). The zero-order chi connectivity index (χ0) is 9.69. The molecule has 2 saturated carbocycles. The fourth-order valence-corrected chi connectivity index (χ4v) is 3.01. The van der Waals surface area contributed by atoms with Gasteiger partial charge in [0.15, 0.2) is 0 Å². The predicted molar refractivity (Wildman–Crippen MR) is 56.4 cm³/mol. The van der Waals surface area contributed by atoms with Gasteiger partial charge in [-0.1, -0.05) is 20.8 Å². The summed E-state index contributed by atoms with van der Waals surface area (Å²) in [6, 6.07) is 0.549. The van der Waals surface area contributed by atoms with Crippen molar-refractivity contribution in [2.24, 2.45) is 22.5 Å². The first kappa shape index (κ1) is 9.51. The van der Waals surface area contributed by atoms with Crippen LogP contribution in [0.2, 0.25) is 0 Å². The molecule has 2 N–H and O–H groups in total. The lowest BCUT2D eigenvalue weighted by Crippen LogP contribution is -2.28. The van der Waals surface area contributed by atoms with Gasteiger partial charge in [-0.2, -0.15) is 0 Å². The molecule has 0 aromatic heterocycles. The maximum absolute atomic E-state index is 5.99. The Labute approximate surface area is 82.1 Å². The van der Waals surface area contributed by atoms with Crippen molar-refractivity contribution >= 4 is 0 Å². The summed E-state index contributed by atoms with van der Waals surface area (Å²) in [7, 11) is 0. The molecule has 2 fully saturated rings. The highest BCUT2D eigenvalue weighted by atomic mass is 14.8. The SMILES string of the molecule is CC(C)(C)C1CCC2(CC1)C[C@@H]2N. The first-order valence-corrected chi connectivity index (χ1v) is 5.70. The molecule has 0 aromatic carbocycles. The second kappa shape index (κ2) is 2.73. The molecule has 13 heavy (non-hydrogen) atoms. The standard InChI is InChI=1S/C12H23N/c1-11(2,3)9-4-6-12(7-5-9)8-10(12)13/h9-10H,4-8,13H2,1-3H3/t9?,10-,12?/m0/s1. The Bertz CT molecular complexity index is 194. The lowest BCUT2D eigenvalue weighted by molar-refractivity contribution is 0.139. The molecule has 0 aromatic rings. The van der Waals surface area contributed by atoms with Gasteiger partial charge in [-0.05, 0) is 48.9 Å². The quantitative estimate of drug-likeness (QED) is 0.611. The molecule has 0 unspecified atom stereocenters. The molecular weight excluding hydrogens is 158 g/mol. The Morgan fingerprint density at radius 2 is 1.62 bits per heavy atom. The molecule has 0 heterocycles. The van der Waals surface area contributed by atoms with E-state index in [1.165, 1.54) is 32.1 Å². The second-order valence-corrected chi connectivity index (χ2v) is 6.31. The number of rotatable bonds is 0. The van der Waals surface area contributed by atoms with E-state index in [2.05, 4.69) is 20.8 Å². The zero-order valence-electron chi connectivity index (χ0n) is 9.27. The molecule has 1 nitrogen and oxygen atoms in total. The van der Waals surface area contributed by atoms with E-state index in [0.717, 1.165) is 5.92 Å². The molecule has 0 bridgehead atoms. The van der Waals surface area contributed by atoms with E-state index in [1.807, 2.05) is 0 Å². The molecule has 0 saturated heterocycles. The lowest BCUT2D eigenvalue weighted by Gasteiger charge is -2.37. The van der Waals surface area contributed by atoms with Crippen molar-refractivity contribution in [3.8, 4) is 0 Å². The smallest absolute Gasteiger partial charge is 0.0102 e. The summed E-state index contributed by atoms with van der Waals surface area (Å²) in [6.07, 6.45) is 6.93. The van der Waals surface area contributed by atoms with E-state index in [9.17, 15) is 0 Å². The molecule has 2 aliphatic carbocycles. The maximum atomic E-state index is 5.99. The third-order valence-electron chi connectivity index (χ3n) is 4.46. The van der Waals surface area contributed by atoms with Crippen molar-refractivity contribution in [3.05, 3.63) is 0 Å². The Kier molecular flexibility index (Phi) is 1.99. The largest absolute Gasteiger partial charge is 0.327 e. The molecule has 1 spiro atoms. The third kappa shape index (κ3) is 1.63. The average molecular weight is 181 g/mol. The van der Waals surface area contributed by atoms with Crippen LogP contribution in [-0.2, 0) is 0 Å². The molecule has 0 radical (unpaired) electrons. The Morgan fingerprint density at radius 3 is 1.92 bits per heavy atom. The third-order valence-corrected chi connectivity index (χ3v) is 4.46. The van der Waals surface area contributed by atoms with Crippen LogP contribution in [0.1, 0.15) is 52.9 Å². The van der Waals surface area contributed by atoms with E-state index in [-0.39, 0.29) is 0 Å². The summed E-state index contributed by atoms with van der Waals surface area (Å²) >= 11 is 0. The first-order chi connectivity index (χ1) is 5.94. The number of hydrogen-bond donors (Lipinski definition) is 1. The minimum atomic E-state index is 0.514. The normalized spacial score (nSPS) is 45.2. The summed E-state index contributed by atoms with van der Waals surface area (Å²) in [6.45, 7) is 7.13. The van der Waals surface area contributed by atoms with Gasteiger partial charge in [0.05, 0.1) is 0 Å². The van der Waals surface area contributed by atoms with Crippen molar-refractivity contribution in [1.29, 1.82) is 0 Å². The van der Waals surface area contributed by atoms with E-state index in [4.69, 9.17) is 5.73 Å². The van der Waals surface area contributed by atoms with Crippen LogP contribution >= 0.6 is 0 Å². The average Bonchev–Trinajstić information content (AvgIpc) is 2.60. The zero-order valence-corrected chi connectivity index (χ0v) is 9.27. The van der Waals surface area contributed by atoms with Crippen LogP contribution in [0, 0.1) is 16.7 Å². The monoisotopic (exact) mass is 181 g/mol. The topological polar surface area (TPSA) is 26.0 Å². The highest BCUT2D eigenvalue weighted by molar-refractivity contribution is 5.08. The van der Waals surface area contributed by atoms with Crippen molar-refractivity contribution in [2.45, 2.75) is 58.9 Å². The molecule has 2 aliphatic rings. The van der Waals surface area contributed by atoms with Gasteiger partial charge in [-0.3, -0.25) is 0 Å². The second-order valence-electron chi connectivity index (χ2n) is 6.31. The summed E-state index contributed by atoms with van der Waals surface area (Å²) in [5.41, 5.74) is 7.11. The van der Waals surface area contributed by atoms with Crippen LogP contribution in [0.3, 0.4) is 0 Å². The maximum Gasteiger partial charge on any atom is 0.0102 e. The summed E-state index contributed by atoms with van der Waals surface area (Å²) in [4.78, 5) is 0. The van der Waals surface area contributed by atoms with Gasteiger partial charge >= 0.3 is 0 Å². The number of nitrogens with two attached hydrogens (primary N) is 1. The van der Waals surface area contributed by atoms with E-state index >= 15 is 0 Å². The van der Waals surface area contributed by atoms with E-state index < -0.39 is 0 Å². The molecule has 0 aliphatic heterocycles. The van der Waals surface area contributed by atoms with Crippen molar-refractivity contribution in [3.63, 3.8) is 0 Å². The summed E-state index contributed by atoms with van der Waals surface area (Å²) in [5, 5.41) is 0. The van der Waals surface area contributed by atoms with Gasteiger partial charge in [0, 0.05) is 6.04 Å². The van der Waals surface area contributed by atoms with Crippen LogP contribution in [0.5, 0.6) is 0 Å². The highest BCUT2D eigenvalue weighted by Crippen LogP contribution is 2.58. The molecule has 0 amide bonds. The number of hydrogen-bond acceptors (Lipinski definition) is 1. The molecular formula is C12H23N. The van der Waals surface area contributed by atoms with Gasteiger partial charge in [-0.15, -0.1) is 0 Å². The van der Waals surface area contributed by atoms with Gasteiger partial charge in [0.2, 0.25) is 0 Å². The van der Waals surface area contributed by atoms with Crippen LogP contribution < -0.4 is 5.73 Å². The van der Waals surface area contributed by atoms with Gasteiger partial charge in [0.1, 0.15) is 0 Å². The Balaban J connectivity index is 1.90.